The lowest BCUT2D eigenvalue weighted by molar-refractivity contribution is -0.117. The van der Waals surface area contributed by atoms with Crippen molar-refractivity contribution in [3.8, 4) is 0 Å². The molecule has 3 rings (SSSR count). The number of carboxylic acid groups (broad SMARTS) is 1. The Balaban J connectivity index is 2.08. The first-order chi connectivity index (χ1) is 10.3. The first-order valence-electron chi connectivity index (χ1n) is 7.11. The SMILES string of the molecule is CC1=C(C)C(C)(OC(=O)O)N(c2nnc(C3CC3)n2C)C1=O. The van der Waals surface area contributed by atoms with E-state index in [9.17, 15) is 9.59 Å². The lowest BCUT2D eigenvalue weighted by Gasteiger charge is -2.33. The van der Waals surface area contributed by atoms with Crippen LogP contribution in [-0.4, -0.2) is 37.7 Å². The van der Waals surface area contributed by atoms with E-state index in [2.05, 4.69) is 10.2 Å². The van der Waals surface area contributed by atoms with Crippen molar-refractivity contribution in [3.05, 3.63) is 17.0 Å². The topological polar surface area (TPSA) is 97.6 Å². The van der Waals surface area contributed by atoms with Crippen molar-refractivity contribution in [3.63, 3.8) is 0 Å². The zero-order valence-corrected chi connectivity index (χ0v) is 13.0. The summed E-state index contributed by atoms with van der Waals surface area (Å²) in [5.41, 5.74) is -0.398. The number of ether oxygens (including phenoxy) is 1. The zero-order valence-electron chi connectivity index (χ0n) is 13.0. The van der Waals surface area contributed by atoms with Crippen LogP contribution >= 0.6 is 0 Å². The molecule has 0 aromatic carbocycles. The molecular formula is C14H18N4O4. The van der Waals surface area contributed by atoms with Crippen LogP contribution < -0.4 is 4.90 Å². The number of rotatable bonds is 3. The molecule has 2 aliphatic rings. The number of aromatic nitrogens is 3. The summed E-state index contributed by atoms with van der Waals surface area (Å²) in [6.07, 6.45) is 0.664. The van der Waals surface area contributed by atoms with Gasteiger partial charge in [-0.3, -0.25) is 9.36 Å². The molecule has 1 aromatic rings. The third-order valence-electron chi connectivity index (χ3n) is 4.52. The minimum atomic E-state index is -1.45. The molecule has 0 bridgehead atoms. The predicted molar refractivity (Wildman–Crippen MR) is 76.4 cm³/mol. The maximum atomic E-state index is 12.6. The standard InChI is InChI=1S/C14H18N4O4/c1-7-8(2)14(3,22-13(20)21)18(11(7)19)12-16-15-10(17(12)4)9-5-6-9/h9H,5-6H2,1-4H3,(H,20,21). The van der Waals surface area contributed by atoms with Gasteiger partial charge in [-0.15, -0.1) is 10.2 Å². The highest BCUT2D eigenvalue weighted by Gasteiger charge is 2.51. The van der Waals surface area contributed by atoms with Crippen molar-refractivity contribution in [1.82, 2.24) is 14.8 Å². The Labute approximate surface area is 127 Å². The molecule has 1 aliphatic heterocycles. The minimum absolute atomic E-state index is 0.298. The van der Waals surface area contributed by atoms with E-state index in [1.807, 2.05) is 0 Å². The second-order valence-corrected chi connectivity index (χ2v) is 5.93. The van der Waals surface area contributed by atoms with Crippen molar-refractivity contribution in [1.29, 1.82) is 0 Å². The van der Waals surface area contributed by atoms with Crippen LogP contribution in [0.5, 0.6) is 0 Å². The van der Waals surface area contributed by atoms with Gasteiger partial charge >= 0.3 is 6.16 Å². The summed E-state index contributed by atoms with van der Waals surface area (Å²) in [7, 11) is 1.78. The highest BCUT2D eigenvalue weighted by atomic mass is 16.7. The van der Waals surface area contributed by atoms with E-state index >= 15 is 0 Å². The summed E-state index contributed by atoms with van der Waals surface area (Å²) >= 11 is 0. The molecule has 1 N–H and O–H groups in total. The van der Waals surface area contributed by atoms with E-state index in [0.717, 1.165) is 18.7 Å². The number of amides is 1. The largest absolute Gasteiger partial charge is 0.508 e. The minimum Gasteiger partial charge on any atom is -0.450 e. The smallest absolute Gasteiger partial charge is 0.450 e. The molecule has 0 radical (unpaired) electrons. The van der Waals surface area contributed by atoms with Crippen molar-refractivity contribution in [2.75, 3.05) is 4.90 Å². The van der Waals surface area contributed by atoms with Crippen molar-refractivity contribution < 1.29 is 19.4 Å². The summed E-state index contributed by atoms with van der Waals surface area (Å²) in [5, 5.41) is 17.3. The second-order valence-electron chi connectivity index (χ2n) is 5.93. The number of anilines is 1. The molecule has 118 valence electrons. The van der Waals surface area contributed by atoms with E-state index in [4.69, 9.17) is 9.84 Å². The van der Waals surface area contributed by atoms with Crippen LogP contribution in [0.4, 0.5) is 10.7 Å². The molecule has 2 heterocycles. The molecule has 0 spiro atoms. The fraction of sp³-hybridized carbons (Fsp3) is 0.571. The molecule has 8 nitrogen and oxygen atoms in total. The van der Waals surface area contributed by atoms with Gasteiger partial charge in [-0.05, 0) is 32.3 Å². The molecule has 1 unspecified atom stereocenters. The lowest BCUT2D eigenvalue weighted by atomic mass is 10.1. The number of nitrogens with zero attached hydrogens (tertiary/aromatic N) is 4. The van der Waals surface area contributed by atoms with Crippen molar-refractivity contribution in [2.45, 2.75) is 45.3 Å². The Hall–Kier alpha value is -2.38. The molecule has 0 saturated heterocycles. The van der Waals surface area contributed by atoms with Gasteiger partial charge in [0.2, 0.25) is 11.7 Å². The van der Waals surface area contributed by atoms with E-state index < -0.39 is 11.9 Å². The summed E-state index contributed by atoms with van der Waals surface area (Å²) in [6, 6.07) is 0. The third kappa shape index (κ3) is 1.90. The van der Waals surface area contributed by atoms with E-state index in [1.165, 1.54) is 4.90 Å². The average Bonchev–Trinajstić information content (AvgIpc) is 3.19. The first kappa shape index (κ1) is 14.6. The Kier molecular flexibility index (Phi) is 3.01. The highest BCUT2D eigenvalue weighted by molar-refractivity contribution is 6.09. The zero-order chi connectivity index (χ0) is 16.2. The Bertz CT molecular complexity index is 704. The summed E-state index contributed by atoms with van der Waals surface area (Å²) in [4.78, 5) is 24.9. The van der Waals surface area contributed by atoms with E-state index in [1.54, 1.807) is 32.4 Å². The van der Waals surface area contributed by atoms with Crippen LogP contribution in [0.15, 0.2) is 11.1 Å². The van der Waals surface area contributed by atoms with Gasteiger partial charge in [-0.25, -0.2) is 9.69 Å². The van der Waals surface area contributed by atoms with Gasteiger partial charge in [0, 0.05) is 25.5 Å². The molecule has 22 heavy (non-hydrogen) atoms. The van der Waals surface area contributed by atoms with Crippen LogP contribution in [0.2, 0.25) is 0 Å². The Morgan fingerprint density at radius 2 is 2.00 bits per heavy atom. The van der Waals surface area contributed by atoms with E-state index in [0.29, 0.717) is 23.0 Å². The van der Waals surface area contributed by atoms with Crippen LogP contribution in [0.1, 0.15) is 45.4 Å². The normalized spacial score (nSPS) is 25.1. The molecule has 1 amide bonds. The van der Waals surface area contributed by atoms with Crippen LogP contribution in [0.3, 0.4) is 0 Å². The van der Waals surface area contributed by atoms with Crippen LogP contribution in [0.25, 0.3) is 0 Å². The fourth-order valence-electron chi connectivity index (χ4n) is 2.84. The number of carbonyl (C=O) groups is 2. The monoisotopic (exact) mass is 306 g/mol. The summed E-state index contributed by atoms with van der Waals surface area (Å²) < 4.78 is 6.78. The van der Waals surface area contributed by atoms with Gasteiger partial charge in [0.1, 0.15) is 5.82 Å². The van der Waals surface area contributed by atoms with Gasteiger partial charge in [0.25, 0.3) is 5.91 Å². The molecule has 1 aromatic heterocycles. The molecule has 8 heteroatoms. The van der Waals surface area contributed by atoms with Gasteiger partial charge < -0.3 is 9.84 Å². The van der Waals surface area contributed by atoms with Gasteiger partial charge in [-0.1, -0.05) is 0 Å². The van der Waals surface area contributed by atoms with Crippen LogP contribution in [0, 0.1) is 0 Å². The van der Waals surface area contributed by atoms with Gasteiger partial charge in [-0.2, -0.15) is 0 Å². The maximum absolute atomic E-state index is 12.6. The first-order valence-corrected chi connectivity index (χ1v) is 7.11. The molecule has 1 fully saturated rings. The summed E-state index contributed by atoms with van der Waals surface area (Å²) in [6.45, 7) is 4.89. The second kappa shape index (κ2) is 4.56. The highest BCUT2D eigenvalue weighted by Crippen LogP contribution is 2.42. The number of hydrogen-bond donors (Lipinski definition) is 1. The van der Waals surface area contributed by atoms with E-state index in [-0.39, 0.29) is 5.91 Å². The van der Waals surface area contributed by atoms with Gasteiger partial charge in [0.15, 0.2) is 0 Å². The van der Waals surface area contributed by atoms with Crippen molar-refractivity contribution in [2.24, 2.45) is 7.05 Å². The molecule has 1 aliphatic carbocycles. The van der Waals surface area contributed by atoms with Crippen molar-refractivity contribution >= 4 is 18.0 Å². The lowest BCUT2D eigenvalue weighted by Crippen LogP contribution is -2.50. The quantitative estimate of drug-likeness (QED) is 0.855. The fourth-order valence-corrected chi connectivity index (χ4v) is 2.84. The molecular weight excluding hydrogens is 288 g/mol. The summed E-state index contributed by atoms with van der Waals surface area (Å²) in [5.74, 6) is 1.15. The third-order valence-corrected chi connectivity index (χ3v) is 4.52. The Morgan fingerprint density at radius 1 is 1.36 bits per heavy atom. The maximum Gasteiger partial charge on any atom is 0.508 e. The number of carbonyl (C=O) groups excluding carboxylic acids is 1. The van der Waals surface area contributed by atoms with Gasteiger partial charge in [0.05, 0.1) is 0 Å². The number of hydrogen-bond acceptors (Lipinski definition) is 5. The Morgan fingerprint density at radius 3 is 2.55 bits per heavy atom. The predicted octanol–water partition coefficient (Wildman–Crippen LogP) is 1.79. The molecule has 1 atom stereocenters. The molecule has 1 saturated carbocycles. The van der Waals surface area contributed by atoms with Crippen LogP contribution in [-0.2, 0) is 16.6 Å². The average molecular weight is 306 g/mol.